The van der Waals surface area contributed by atoms with E-state index in [2.05, 4.69) is 52.0 Å². The summed E-state index contributed by atoms with van der Waals surface area (Å²) in [7, 11) is 1.93. The molecule has 3 aromatic carbocycles. The summed E-state index contributed by atoms with van der Waals surface area (Å²) in [6, 6.07) is 17.8. The number of hydrogen-bond acceptors (Lipinski definition) is 4. The van der Waals surface area contributed by atoms with E-state index in [9.17, 15) is 9.59 Å². The van der Waals surface area contributed by atoms with Gasteiger partial charge in [0.2, 0.25) is 5.91 Å². The van der Waals surface area contributed by atoms with Crippen molar-refractivity contribution in [2.75, 3.05) is 32.0 Å². The lowest BCUT2D eigenvalue weighted by Gasteiger charge is -2.34. The Morgan fingerprint density at radius 1 is 1.00 bits per heavy atom. The van der Waals surface area contributed by atoms with Crippen LogP contribution < -0.4 is 16.0 Å². The van der Waals surface area contributed by atoms with E-state index in [1.807, 2.05) is 45.2 Å². The van der Waals surface area contributed by atoms with E-state index in [0.717, 1.165) is 55.4 Å². The average Bonchev–Trinajstić information content (AvgIpc) is 2.89. The van der Waals surface area contributed by atoms with Crippen molar-refractivity contribution in [3.8, 4) is 0 Å². The predicted molar refractivity (Wildman–Crippen MR) is 148 cm³/mol. The Hall–Kier alpha value is -3.22. The second-order valence-electron chi connectivity index (χ2n) is 9.88. The fraction of sp³-hybridized carbons (Fsp3) is 0.400. The number of rotatable bonds is 8. The summed E-state index contributed by atoms with van der Waals surface area (Å²) in [5, 5.41) is 11.8. The number of likely N-dealkylation sites (N-methyl/N-ethyl adjacent to an activating group) is 1. The Kier molecular flexibility index (Phi) is 8.39. The molecular formula is C30H38N4O2. The molecule has 1 aliphatic heterocycles. The number of fused-ring (bicyclic) bond motifs is 1. The molecule has 0 aliphatic carbocycles. The van der Waals surface area contributed by atoms with Crippen LogP contribution >= 0.6 is 0 Å². The molecule has 190 valence electrons. The lowest BCUT2D eigenvalue weighted by atomic mass is 9.96. The highest BCUT2D eigenvalue weighted by molar-refractivity contribution is 6.00. The Bertz CT molecular complexity index is 1240. The van der Waals surface area contributed by atoms with E-state index in [-0.39, 0.29) is 23.9 Å². The first-order valence-corrected chi connectivity index (χ1v) is 13.0. The van der Waals surface area contributed by atoms with Crippen molar-refractivity contribution in [2.24, 2.45) is 0 Å². The van der Waals surface area contributed by atoms with Gasteiger partial charge in [0, 0.05) is 24.3 Å². The summed E-state index contributed by atoms with van der Waals surface area (Å²) in [4.78, 5) is 28.7. The van der Waals surface area contributed by atoms with Gasteiger partial charge in [0.1, 0.15) is 0 Å². The number of piperidine rings is 1. The maximum absolute atomic E-state index is 13.3. The number of benzene rings is 3. The highest BCUT2D eigenvalue weighted by Gasteiger charge is 2.28. The summed E-state index contributed by atoms with van der Waals surface area (Å²) in [6.07, 6.45) is 3.04. The largest absolute Gasteiger partial charge is 0.345 e. The Morgan fingerprint density at radius 2 is 1.75 bits per heavy atom. The summed E-state index contributed by atoms with van der Waals surface area (Å²) in [6.45, 7) is 8.68. The topological polar surface area (TPSA) is 73.5 Å². The fourth-order valence-electron chi connectivity index (χ4n) is 5.18. The van der Waals surface area contributed by atoms with E-state index in [1.54, 1.807) is 6.07 Å². The molecule has 1 fully saturated rings. The number of hydrogen-bond donors (Lipinski definition) is 3. The highest BCUT2D eigenvalue weighted by atomic mass is 16.2. The van der Waals surface area contributed by atoms with E-state index >= 15 is 0 Å². The first-order valence-electron chi connectivity index (χ1n) is 13.0. The molecule has 0 radical (unpaired) electrons. The predicted octanol–water partition coefficient (Wildman–Crippen LogP) is 4.96. The maximum atomic E-state index is 13.3. The third kappa shape index (κ3) is 5.77. The summed E-state index contributed by atoms with van der Waals surface area (Å²) in [5.74, 6) is -0.144. The number of carbonyl (C=O) groups is 2. The van der Waals surface area contributed by atoms with Gasteiger partial charge in [-0.25, -0.2) is 0 Å². The average molecular weight is 487 g/mol. The van der Waals surface area contributed by atoms with Crippen LogP contribution in [0.5, 0.6) is 0 Å². The first kappa shape index (κ1) is 25.9. The molecule has 6 heteroatoms. The van der Waals surface area contributed by atoms with Crippen LogP contribution in [-0.4, -0.2) is 49.4 Å². The lowest BCUT2D eigenvalue weighted by molar-refractivity contribution is -0.122. The van der Waals surface area contributed by atoms with Gasteiger partial charge in [0.15, 0.2) is 0 Å². The number of nitrogens with one attached hydrogen (secondary N) is 3. The molecule has 2 atom stereocenters. The second-order valence-corrected chi connectivity index (χ2v) is 9.88. The minimum atomic E-state index is -0.163. The van der Waals surface area contributed by atoms with Gasteiger partial charge in [-0.15, -0.1) is 0 Å². The molecule has 1 heterocycles. The molecule has 0 bridgehead atoms. The van der Waals surface area contributed by atoms with Crippen LogP contribution in [0.4, 0.5) is 5.69 Å². The van der Waals surface area contributed by atoms with Crippen LogP contribution in [0.3, 0.4) is 0 Å². The number of amides is 2. The van der Waals surface area contributed by atoms with Gasteiger partial charge in [-0.3, -0.25) is 14.5 Å². The molecule has 1 saturated heterocycles. The van der Waals surface area contributed by atoms with Gasteiger partial charge in [0.25, 0.3) is 5.91 Å². The van der Waals surface area contributed by atoms with Crippen molar-refractivity contribution in [1.29, 1.82) is 0 Å². The van der Waals surface area contributed by atoms with Gasteiger partial charge in [-0.05, 0) is 86.8 Å². The first-order chi connectivity index (χ1) is 17.4. The summed E-state index contributed by atoms with van der Waals surface area (Å²) >= 11 is 0. The van der Waals surface area contributed by atoms with Crippen LogP contribution in [0.1, 0.15) is 59.3 Å². The van der Waals surface area contributed by atoms with E-state index in [1.165, 1.54) is 10.9 Å². The zero-order valence-corrected chi connectivity index (χ0v) is 21.9. The SMILES string of the molecule is CNCCN1CCCCC1C(=O)Nc1ccc(C)c(C(=O)N[C@H](C)c2ccc(C)c3ccccc23)c1. The van der Waals surface area contributed by atoms with Crippen LogP contribution in [0.2, 0.25) is 0 Å². The van der Waals surface area contributed by atoms with Crippen molar-refractivity contribution in [3.05, 3.63) is 76.9 Å². The normalized spacial score (nSPS) is 17.1. The molecule has 6 nitrogen and oxygen atoms in total. The molecule has 0 spiro atoms. The Balaban J connectivity index is 1.49. The zero-order chi connectivity index (χ0) is 25.7. The second kappa shape index (κ2) is 11.7. The van der Waals surface area contributed by atoms with Crippen molar-refractivity contribution in [2.45, 2.75) is 52.1 Å². The Labute approximate surface area is 214 Å². The van der Waals surface area contributed by atoms with Gasteiger partial charge >= 0.3 is 0 Å². The molecule has 3 aromatic rings. The van der Waals surface area contributed by atoms with Crippen LogP contribution in [0.25, 0.3) is 10.8 Å². The van der Waals surface area contributed by atoms with E-state index < -0.39 is 0 Å². The monoisotopic (exact) mass is 486 g/mol. The quantitative estimate of drug-likeness (QED) is 0.421. The van der Waals surface area contributed by atoms with Gasteiger partial charge in [0.05, 0.1) is 12.1 Å². The van der Waals surface area contributed by atoms with Gasteiger partial charge < -0.3 is 16.0 Å². The van der Waals surface area contributed by atoms with Crippen molar-refractivity contribution < 1.29 is 9.59 Å². The molecular weight excluding hydrogens is 448 g/mol. The molecule has 1 unspecified atom stereocenters. The number of nitrogens with zero attached hydrogens (tertiary/aromatic N) is 1. The minimum Gasteiger partial charge on any atom is -0.345 e. The third-order valence-electron chi connectivity index (χ3n) is 7.30. The van der Waals surface area contributed by atoms with Crippen molar-refractivity contribution >= 4 is 28.3 Å². The standard InChI is InChI=1S/C30H38N4O2/c1-20-13-15-25(26-10-6-5-9-24(20)26)22(3)32-29(35)27-19-23(14-12-21(27)2)33-30(36)28-11-7-8-17-34(28)18-16-31-4/h5-6,9-10,12-15,19,22,28,31H,7-8,11,16-18H2,1-4H3,(H,32,35)(H,33,36)/t22-,28?/m1/s1. The number of carbonyl (C=O) groups excluding carboxylic acids is 2. The van der Waals surface area contributed by atoms with Gasteiger partial charge in [-0.1, -0.05) is 48.9 Å². The van der Waals surface area contributed by atoms with E-state index in [0.29, 0.717) is 11.3 Å². The Morgan fingerprint density at radius 3 is 2.53 bits per heavy atom. The molecule has 0 aromatic heterocycles. The smallest absolute Gasteiger partial charge is 0.252 e. The summed E-state index contributed by atoms with van der Waals surface area (Å²) < 4.78 is 0. The number of anilines is 1. The van der Waals surface area contributed by atoms with Crippen molar-refractivity contribution in [3.63, 3.8) is 0 Å². The number of likely N-dealkylation sites (tertiary alicyclic amines) is 1. The number of aryl methyl sites for hydroxylation is 2. The van der Waals surface area contributed by atoms with Crippen LogP contribution in [0.15, 0.2) is 54.6 Å². The summed E-state index contributed by atoms with van der Waals surface area (Å²) in [5.41, 5.74) is 4.41. The molecule has 36 heavy (non-hydrogen) atoms. The third-order valence-corrected chi connectivity index (χ3v) is 7.30. The highest BCUT2D eigenvalue weighted by Crippen LogP contribution is 2.27. The minimum absolute atomic E-state index is 0.000470. The van der Waals surface area contributed by atoms with Crippen molar-refractivity contribution in [1.82, 2.24) is 15.5 Å². The van der Waals surface area contributed by atoms with E-state index in [4.69, 9.17) is 0 Å². The van der Waals surface area contributed by atoms with Crippen LogP contribution in [-0.2, 0) is 4.79 Å². The molecule has 0 saturated carbocycles. The van der Waals surface area contributed by atoms with Crippen LogP contribution in [0, 0.1) is 13.8 Å². The molecule has 1 aliphatic rings. The molecule has 4 rings (SSSR count). The fourth-order valence-corrected chi connectivity index (χ4v) is 5.18. The molecule has 2 amide bonds. The lowest BCUT2D eigenvalue weighted by Crippen LogP contribution is -2.49. The zero-order valence-electron chi connectivity index (χ0n) is 21.9. The maximum Gasteiger partial charge on any atom is 0.252 e. The van der Waals surface area contributed by atoms with Gasteiger partial charge in [-0.2, -0.15) is 0 Å². The molecule has 3 N–H and O–H groups in total.